The normalized spacial score (nSPS) is 52.0. The second-order valence-electron chi connectivity index (χ2n) is 11.9. The van der Waals surface area contributed by atoms with Gasteiger partial charge in [-0.15, -0.1) is 0 Å². The summed E-state index contributed by atoms with van der Waals surface area (Å²) < 4.78 is 0. The van der Waals surface area contributed by atoms with Crippen LogP contribution in [-0.4, -0.2) is 0 Å². The summed E-state index contributed by atoms with van der Waals surface area (Å²) in [5, 5.41) is 0. The molecule has 0 aliphatic heterocycles. The Bertz CT molecular complexity index is 494. The molecule has 4 fully saturated rings. The van der Waals surface area contributed by atoms with Gasteiger partial charge in [-0.3, -0.25) is 0 Å². The molecule has 4 aliphatic carbocycles. The van der Waals surface area contributed by atoms with Crippen LogP contribution in [0.4, 0.5) is 0 Å². The lowest BCUT2D eigenvalue weighted by molar-refractivity contribution is -0.120. The molecule has 0 radical (unpaired) electrons. The van der Waals surface area contributed by atoms with Gasteiger partial charge in [0.15, 0.2) is 0 Å². The maximum absolute atomic E-state index is 2.74. The average molecular weight is 359 g/mol. The maximum atomic E-state index is 2.74. The van der Waals surface area contributed by atoms with E-state index in [2.05, 4.69) is 34.6 Å². The summed E-state index contributed by atoms with van der Waals surface area (Å²) in [4.78, 5) is 0. The Hall–Kier alpha value is 0. The molecule has 0 nitrogen and oxygen atoms in total. The molecule has 4 saturated carbocycles. The van der Waals surface area contributed by atoms with Crippen molar-refractivity contribution >= 4 is 0 Å². The fourth-order valence-corrected chi connectivity index (χ4v) is 9.18. The minimum Gasteiger partial charge on any atom is -0.0654 e. The topological polar surface area (TPSA) is 0 Å². The third-order valence-electron chi connectivity index (χ3n) is 10.7. The highest BCUT2D eigenvalue weighted by Gasteiger charge is 2.60. The van der Waals surface area contributed by atoms with Crippen LogP contribution in [0.3, 0.4) is 0 Å². The summed E-state index contributed by atoms with van der Waals surface area (Å²) in [5.74, 6) is 7.24. The molecule has 0 aromatic heterocycles. The van der Waals surface area contributed by atoms with E-state index in [1.807, 2.05) is 0 Å². The lowest BCUT2D eigenvalue weighted by Gasteiger charge is -2.61. The molecule has 0 aromatic carbocycles. The van der Waals surface area contributed by atoms with E-state index in [-0.39, 0.29) is 0 Å². The van der Waals surface area contributed by atoms with Gasteiger partial charge in [0.25, 0.3) is 0 Å². The first-order valence-corrected chi connectivity index (χ1v) is 12.4. The van der Waals surface area contributed by atoms with Gasteiger partial charge >= 0.3 is 0 Å². The third-order valence-corrected chi connectivity index (χ3v) is 10.7. The molecule has 9 atom stereocenters. The number of rotatable bonds is 4. The lowest BCUT2D eigenvalue weighted by Crippen LogP contribution is -2.53. The van der Waals surface area contributed by atoms with Crippen molar-refractivity contribution in [3.63, 3.8) is 0 Å². The Balaban J connectivity index is 1.52. The second-order valence-corrected chi connectivity index (χ2v) is 11.9. The van der Waals surface area contributed by atoms with Gasteiger partial charge in [0, 0.05) is 0 Å². The molecular formula is C26H46. The predicted molar refractivity (Wildman–Crippen MR) is 113 cm³/mol. The summed E-state index contributed by atoms with van der Waals surface area (Å²) in [5.41, 5.74) is 1.38. The van der Waals surface area contributed by atoms with Crippen LogP contribution in [0.15, 0.2) is 0 Å². The second kappa shape index (κ2) is 7.11. The molecule has 0 heteroatoms. The SMILES string of the molecule is CCCCC(C)C1CCC2C3CCC4CC(C)CCC4(C)C3CCC12C. The van der Waals surface area contributed by atoms with Crippen LogP contribution >= 0.6 is 0 Å². The molecule has 0 heterocycles. The summed E-state index contributed by atoms with van der Waals surface area (Å²) in [6, 6.07) is 0. The Morgan fingerprint density at radius 3 is 2.38 bits per heavy atom. The molecule has 9 unspecified atom stereocenters. The van der Waals surface area contributed by atoms with Gasteiger partial charge in [-0.05, 0) is 104 Å². The molecule has 0 aromatic rings. The van der Waals surface area contributed by atoms with Crippen molar-refractivity contribution in [2.75, 3.05) is 0 Å². The standard InChI is InChI=1S/C26H46/c1-6-7-8-19(3)22-11-12-23-21-10-9-20-17-18(2)13-15-25(20,4)24(21)14-16-26(22,23)5/h18-24H,6-17H2,1-5H3. The first-order chi connectivity index (χ1) is 12.4. The summed E-state index contributed by atoms with van der Waals surface area (Å²) in [6.07, 6.45) is 18.3. The zero-order valence-corrected chi connectivity index (χ0v) is 18.5. The van der Waals surface area contributed by atoms with E-state index in [0.29, 0.717) is 10.8 Å². The van der Waals surface area contributed by atoms with Gasteiger partial charge in [0.1, 0.15) is 0 Å². The van der Waals surface area contributed by atoms with E-state index < -0.39 is 0 Å². The quantitative estimate of drug-likeness (QED) is 0.476. The minimum absolute atomic E-state index is 0.680. The van der Waals surface area contributed by atoms with Gasteiger partial charge in [0.2, 0.25) is 0 Å². The highest BCUT2D eigenvalue weighted by Crippen LogP contribution is 2.68. The van der Waals surface area contributed by atoms with Gasteiger partial charge in [-0.25, -0.2) is 0 Å². The van der Waals surface area contributed by atoms with Gasteiger partial charge in [-0.2, -0.15) is 0 Å². The predicted octanol–water partition coefficient (Wildman–Crippen LogP) is 8.11. The maximum Gasteiger partial charge on any atom is -0.0264 e. The zero-order valence-electron chi connectivity index (χ0n) is 18.5. The summed E-state index contributed by atoms with van der Waals surface area (Å²) in [6.45, 7) is 13.0. The third kappa shape index (κ3) is 2.91. The number of hydrogen-bond donors (Lipinski definition) is 0. The van der Waals surface area contributed by atoms with E-state index in [1.165, 1.54) is 25.7 Å². The van der Waals surface area contributed by atoms with E-state index >= 15 is 0 Å². The van der Waals surface area contributed by atoms with E-state index in [1.54, 1.807) is 51.4 Å². The Labute approximate surface area is 164 Å². The molecule has 0 bridgehead atoms. The Morgan fingerprint density at radius 1 is 0.885 bits per heavy atom. The molecule has 4 rings (SSSR count). The largest absolute Gasteiger partial charge is 0.0654 e. The molecule has 0 amide bonds. The van der Waals surface area contributed by atoms with Crippen molar-refractivity contribution < 1.29 is 0 Å². The van der Waals surface area contributed by atoms with Gasteiger partial charge in [-0.1, -0.05) is 60.3 Å². The molecule has 150 valence electrons. The lowest BCUT2D eigenvalue weighted by atomic mass is 9.44. The average Bonchev–Trinajstić information content (AvgIpc) is 2.97. The molecule has 0 spiro atoms. The molecule has 4 aliphatic rings. The summed E-state index contributed by atoms with van der Waals surface area (Å²) in [7, 11) is 0. The van der Waals surface area contributed by atoms with Crippen molar-refractivity contribution in [3.8, 4) is 0 Å². The first kappa shape index (κ1) is 19.3. The van der Waals surface area contributed by atoms with Crippen molar-refractivity contribution in [2.24, 2.45) is 52.3 Å². The van der Waals surface area contributed by atoms with Crippen molar-refractivity contribution in [2.45, 2.75) is 112 Å². The number of hydrogen-bond acceptors (Lipinski definition) is 0. The van der Waals surface area contributed by atoms with E-state index in [0.717, 1.165) is 41.4 Å². The Morgan fingerprint density at radius 2 is 1.62 bits per heavy atom. The summed E-state index contributed by atoms with van der Waals surface area (Å²) >= 11 is 0. The van der Waals surface area contributed by atoms with Crippen LogP contribution in [0, 0.1) is 52.3 Å². The fraction of sp³-hybridized carbons (Fsp3) is 1.00. The van der Waals surface area contributed by atoms with Crippen LogP contribution in [0.1, 0.15) is 112 Å². The van der Waals surface area contributed by atoms with E-state index in [9.17, 15) is 0 Å². The van der Waals surface area contributed by atoms with Crippen LogP contribution in [0.25, 0.3) is 0 Å². The van der Waals surface area contributed by atoms with Gasteiger partial charge in [0.05, 0.1) is 0 Å². The Kier molecular flexibility index (Phi) is 5.28. The van der Waals surface area contributed by atoms with Crippen molar-refractivity contribution in [1.29, 1.82) is 0 Å². The smallest absolute Gasteiger partial charge is 0.0264 e. The molecule has 0 N–H and O–H groups in total. The zero-order chi connectivity index (χ0) is 18.5. The minimum atomic E-state index is 0.680. The number of fused-ring (bicyclic) bond motifs is 5. The van der Waals surface area contributed by atoms with E-state index in [4.69, 9.17) is 0 Å². The fourth-order valence-electron chi connectivity index (χ4n) is 9.18. The highest BCUT2D eigenvalue weighted by atomic mass is 14.6. The van der Waals surface area contributed by atoms with Gasteiger partial charge < -0.3 is 0 Å². The van der Waals surface area contributed by atoms with Crippen LogP contribution in [0.5, 0.6) is 0 Å². The van der Waals surface area contributed by atoms with Crippen LogP contribution < -0.4 is 0 Å². The van der Waals surface area contributed by atoms with Crippen LogP contribution in [0.2, 0.25) is 0 Å². The molecule has 26 heavy (non-hydrogen) atoms. The molecule has 0 saturated heterocycles. The highest BCUT2D eigenvalue weighted by molar-refractivity contribution is 5.09. The molecular weight excluding hydrogens is 312 g/mol. The van der Waals surface area contributed by atoms with Crippen molar-refractivity contribution in [1.82, 2.24) is 0 Å². The first-order valence-electron chi connectivity index (χ1n) is 12.4. The number of unbranched alkanes of at least 4 members (excludes halogenated alkanes) is 1. The van der Waals surface area contributed by atoms with Crippen molar-refractivity contribution in [3.05, 3.63) is 0 Å². The van der Waals surface area contributed by atoms with Crippen LogP contribution in [-0.2, 0) is 0 Å². The monoisotopic (exact) mass is 358 g/mol.